The van der Waals surface area contributed by atoms with Gasteiger partial charge in [0, 0.05) is 18.6 Å². The van der Waals surface area contributed by atoms with Gasteiger partial charge >= 0.3 is 0 Å². The lowest BCUT2D eigenvalue weighted by molar-refractivity contribution is -0.126. The molecule has 1 aromatic rings. The number of fused-ring (bicyclic) bond motifs is 1. The van der Waals surface area contributed by atoms with E-state index in [0.29, 0.717) is 24.3 Å². The molecule has 1 amide bonds. The van der Waals surface area contributed by atoms with Crippen LogP contribution in [-0.2, 0) is 9.53 Å². The second-order valence-electron chi connectivity index (χ2n) is 7.13. The van der Waals surface area contributed by atoms with E-state index in [1.165, 1.54) is 24.8 Å². The number of ether oxygens (including phenoxy) is 1. The van der Waals surface area contributed by atoms with Gasteiger partial charge in [-0.05, 0) is 43.1 Å². The quantitative estimate of drug-likeness (QED) is 0.927. The van der Waals surface area contributed by atoms with Crippen molar-refractivity contribution in [3.8, 4) is 0 Å². The van der Waals surface area contributed by atoms with Gasteiger partial charge in [-0.3, -0.25) is 4.79 Å². The van der Waals surface area contributed by atoms with Crippen LogP contribution in [0.5, 0.6) is 0 Å². The van der Waals surface area contributed by atoms with Crippen LogP contribution in [0.25, 0.3) is 0 Å². The van der Waals surface area contributed by atoms with Gasteiger partial charge in [-0.2, -0.15) is 0 Å². The number of amides is 1. The number of hydrogen-bond donors (Lipinski definition) is 1. The number of carbonyl (C=O) groups excluding carboxylic acids is 1. The van der Waals surface area contributed by atoms with E-state index in [0.717, 1.165) is 25.4 Å². The van der Waals surface area contributed by atoms with Gasteiger partial charge < -0.3 is 10.1 Å². The second kappa shape index (κ2) is 6.04. The molecule has 3 fully saturated rings. The molecule has 1 aromatic carbocycles. The summed E-state index contributed by atoms with van der Waals surface area (Å²) >= 11 is 0. The maximum absolute atomic E-state index is 12.4. The average Bonchev–Trinajstić information content (AvgIpc) is 3.16. The van der Waals surface area contributed by atoms with Gasteiger partial charge in [-0.15, -0.1) is 0 Å². The molecule has 0 radical (unpaired) electrons. The van der Waals surface area contributed by atoms with E-state index < -0.39 is 0 Å². The van der Waals surface area contributed by atoms with Crippen molar-refractivity contribution in [1.29, 1.82) is 0 Å². The Hall–Kier alpha value is -1.35. The summed E-state index contributed by atoms with van der Waals surface area (Å²) in [5, 5.41) is 3.34. The summed E-state index contributed by atoms with van der Waals surface area (Å²) in [6, 6.07) is 11.1. The van der Waals surface area contributed by atoms with Crippen LogP contribution in [0, 0.1) is 11.8 Å². The van der Waals surface area contributed by atoms with Crippen molar-refractivity contribution in [2.45, 2.75) is 56.6 Å². The number of benzene rings is 1. The predicted molar refractivity (Wildman–Crippen MR) is 85.5 cm³/mol. The van der Waals surface area contributed by atoms with Crippen LogP contribution < -0.4 is 5.32 Å². The van der Waals surface area contributed by atoms with Crippen molar-refractivity contribution in [1.82, 2.24) is 5.32 Å². The summed E-state index contributed by atoms with van der Waals surface area (Å²) in [4.78, 5) is 12.4. The first kappa shape index (κ1) is 14.3. The first-order valence-electron chi connectivity index (χ1n) is 8.79. The van der Waals surface area contributed by atoms with Gasteiger partial charge in [-0.25, -0.2) is 0 Å². The van der Waals surface area contributed by atoms with Gasteiger partial charge in [0.15, 0.2) is 0 Å². The Labute approximate surface area is 132 Å². The average molecular weight is 299 g/mol. The SMILES string of the molecule is O=C(C[C@@H]1CCCO1)N[C@@H]1[C@@H]2CCC[C@@H]2[C@H]1c1ccccc1. The lowest BCUT2D eigenvalue weighted by Crippen LogP contribution is -2.56. The Balaban J connectivity index is 1.43. The molecule has 1 aliphatic heterocycles. The van der Waals surface area contributed by atoms with E-state index in [9.17, 15) is 4.79 Å². The third-order valence-corrected chi connectivity index (χ3v) is 5.88. The molecule has 1 saturated heterocycles. The molecule has 1 N–H and O–H groups in total. The van der Waals surface area contributed by atoms with E-state index >= 15 is 0 Å². The van der Waals surface area contributed by atoms with Crippen molar-refractivity contribution in [2.75, 3.05) is 6.61 Å². The minimum Gasteiger partial charge on any atom is -0.378 e. The molecule has 4 rings (SSSR count). The fourth-order valence-electron chi connectivity index (χ4n) is 4.88. The Morgan fingerprint density at radius 2 is 1.91 bits per heavy atom. The van der Waals surface area contributed by atoms with E-state index in [1.807, 2.05) is 0 Å². The van der Waals surface area contributed by atoms with Crippen LogP contribution >= 0.6 is 0 Å². The molecule has 0 unspecified atom stereocenters. The highest BCUT2D eigenvalue weighted by Crippen LogP contribution is 2.55. The number of carbonyl (C=O) groups is 1. The molecular formula is C19H25NO2. The lowest BCUT2D eigenvalue weighted by Gasteiger charge is -2.49. The number of hydrogen-bond acceptors (Lipinski definition) is 2. The number of rotatable bonds is 4. The van der Waals surface area contributed by atoms with Crippen LogP contribution in [0.1, 0.15) is 50.0 Å². The smallest absolute Gasteiger partial charge is 0.222 e. The third-order valence-electron chi connectivity index (χ3n) is 5.88. The van der Waals surface area contributed by atoms with Gasteiger partial charge in [0.05, 0.1) is 12.5 Å². The normalized spacial score (nSPS) is 36.6. The van der Waals surface area contributed by atoms with Crippen LogP contribution in [0.4, 0.5) is 0 Å². The third kappa shape index (κ3) is 2.56. The van der Waals surface area contributed by atoms with Crippen LogP contribution in [0.15, 0.2) is 30.3 Å². The zero-order chi connectivity index (χ0) is 14.9. The minimum atomic E-state index is 0.148. The topological polar surface area (TPSA) is 38.3 Å². The maximum atomic E-state index is 12.4. The van der Waals surface area contributed by atoms with Crippen LogP contribution in [0.3, 0.4) is 0 Å². The Morgan fingerprint density at radius 3 is 2.68 bits per heavy atom. The molecule has 1 heterocycles. The van der Waals surface area contributed by atoms with E-state index in [-0.39, 0.29) is 12.0 Å². The first-order chi connectivity index (χ1) is 10.8. The molecule has 2 saturated carbocycles. The lowest BCUT2D eigenvalue weighted by atomic mass is 9.60. The summed E-state index contributed by atoms with van der Waals surface area (Å²) in [6.07, 6.45) is 6.73. The van der Waals surface area contributed by atoms with E-state index in [4.69, 9.17) is 4.74 Å². The van der Waals surface area contributed by atoms with E-state index in [1.54, 1.807) is 0 Å². The van der Waals surface area contributed by atoms with Gasteiger partial charge in [0.1, 0.15) is 0 Å². The molecule has 3 aliphatic rings. The highest BCUT2D eigenvalue weighted by molar-refractivity contribution is 5.77. The predicted octanol–water partition coefficient (Wildman–Crippen LogP) is 3.25. The minimum absolute atomic E-state index is 0.148. The zero-order valence-corrected chi connectivity index (χ0v) is 13.0. The fourth-order valence-corrected chi connectivity index (χ4v) is 4.88. The van der Waals surface area contributed by atoms with Gasteiger partial charge in [-0.1, -0.05) is 36.8 Å². The summed E-state index contributed by atoms with van der Waals surface area (Å²) in [6.45, 7) is 0.818. The molecule has 5 atom stereocenters. The molecular weight excluding hydrogens is 274 g/mol. The van der Waals surface area contributed by atoms with Crippen LogP contribution in [-0.4, -0.2) is 24.7 Å². The first-order valence-corrected chi connectivity index (χ1v) is 8.79. The zero-order valence-electron chi connectivity index (χ0n) is 13.0. The molecule has 0 bridgehead atoms. The summed E-state index contributed by atoms with van der Waals surface area (Å²) in [7, 11) is 0. The Bertz CT molecular complexity index is 523. The molecule has 0 spiro atoms. The largest absolute Gasteiger partial charge is 0.378 e. The highest BCUT2D eigenvalue weighted by atomic mass is 16.5. The summed E-state index contributed by atoms with van der Waals surface area (Å²) in [5.74, 6) is 2.17. The van der Waals surface area contributed by atoms with Crippen molar-refractivity contribution in [3.63, 3.8) is 0 Å². The van der Waals surface area contributed by atoms with Crippen molar-refractivity contribution < 1.29 is 9.53 Å². The molecule has 3 heteroatoms. The molecule has 2 aliphatic carbocycles. The molecule has 3 nitrogen and oxygen atoms in total. The summed E-state index contributed by atoms with van der Waals surface area (Å²) < 4.78 is 5.59. The molecule has 118 valence electrons. The molecule has 0 aromatic heterocycles. The van der Waals surface area contributed by atoms with Gasteiger partial charge in [0.2, 0.25) is 5.91 Å². The number of nitrogens with one attached hydrogen (secondary N) is 1. The van der Waals surface area contributed by atoms with Crippen molar-refractivity contribution in [2.24, 2.45) is 11.8 Å². The van der Waals surface area contributed by atoms with Gasteiger partial charge in [0.25, 0.3) is 0 Å². The Morgan fingerprint density at radius 1 is 1.09 bits per heavy atom. The van der Waals surface area contributed by atoms with Crippen molar-refractivity contribution >= 4 is 5.91 Å². The second-order valence-corrected chi connectivity index (χ2v) is 7.13. The van der Waals surface area contributed by atoms with Crippen molar-refractivity contribution in [3.05, 3.63) is 35.9 Å². The fraction of sp³-hybridized carbons (Fsp3) is 0.632. The molecule has 22 heavy (non-hydrogen) atoms. The maximum Gasteiger partial charge on any atom is 0.222 e. The van der Waals surface area contributed by atoms with E-state index in [2.05, 4.69) is 35.6 Å². The standard InChI is InChI=1S/C19H25NO2/c21-17(12-14-8-5-11-22-14)20-19-16-10-4-9-15(16)18(19)13-6-2-1-3-7-13/h1-3,6-7,14-16,18-19H,4-5,8-12H2,(H,20,21)/t14-,15-,16+,18+,19+/m0/s1. The summed E-state index contributed by atoms with van der Waals surface area (Å²) in [5.41, 5.74) is 1.40. The highest BCUT2D eigenvalue weighted by Gasteiger charge is 2.53. The monoisotopic (exact) mass is 299 g/mol. The van der Waals surface area contributed by atoms with Crippen LogP contribution in [0.2, 0.25) is 0 Å². The Kier molecular flexibility index (Phi) is 3.91.